The van der Waals surface area contributed by atoms with Gasteiger partial charge in [-0.15, -0.1) is 0 Å². The molecule has 0 aliphatic carbocycles. The molecule has 0 aromatic heterocycles. The Morgan fingerprint density at radius 3 is 1.51 bits per heavy atom. The molecule has 4 aromatic carbocycles. The maximum Gasteiger partial charge on any atom is 0.364 e. The van der Waals surface area contributed by atoms with E-state index in [2.05, 4.69) is 31.9 Å². The number of carboxylic acids is 1. The van der Waals surface area contributed by atoms with E-state index in [1.54, 1.807) is 48.5 Å². The predicted octanol–water partition coefficient (Wildman–Crippen LogP) is 0.229. The summed E-state index contributed by atoms with van der Waals surface area (Å²) in [6, 6.07) is 28.9. The molecule has 1 unspecified atom stereocenters. The lowest BCUT2D eigenvalue weighted by molar-refractivity contribution is -0.310. The van der Waals surface area contributed by atoms with Crippen molar-refractivity contribution in [2.75, 3.05) is 62.4 Å². The molecule has 4 aromatic rings. The maximum absolute atomic E-state index is 13.0. The molecule has 496 valence electrons. The fraction of sp³-hybridized carbons (Fsp3) is 0.492. The normalized spacial score (nSPS) is 23.0. The van der Waals surface area contributed by atoms with Crippen molar-refractivity contribution in [3.63, 3.8) is 0 Å². The Balaban J connectivity index is 0.827. The quantitative estimate of drug-likeness (QED) is 0.0214. The van der Waals surface area contributed by atoms with E-state index in [1.807, 2.05) is 60.7 Å². The summed E-state index contributed by atoms with van der Waals surface area (Å²) in [7, 11) is 0. The van der Waals surface area contributed by atoms with Gasteiger partial charge in [0.25, 0.3) is 17.6 Å². The Morgan fingerprint density at radius 2 is 1.04 bits per heavy atom. The molecule has 91 heavy (non-hydrogen) atoms. The molecule has 26 nitrogen and oxygen atoms in total. The summed E-state index contributed by atoms with van der Waals surface area (Å²) in [5.74, 6) is -7.38. The van der Waals surface area contributed by atoms with E-state index in [9.17, 15) is 74.1 Å². The van der Waals surface area contributed by atoms with E-state index < -0.39 is 140 Å². The van der Waals surface area contributed by atoms with Gasteiger partial charge in [0.2, 0.25) is 29.4 Å². The molecule has 0 saturated carbocycles. The van der Waals surface area contributed by atoms with Crippen LogP contribution in [0.15, 0.2) is 109 Å². The number of thioether (sulfide) groups is 2. The molecule has 13 atom stereocenters. The highest BCUT2D eigenvalue weighted by atomic mass is 32.2. The molecule has 0 radical (unpaired) electrons. The van der Waals surface area contributed by atoms with Crippen LogP contribution in [0.2, 0.25) is 0 Å². The van der Waals surface area contributed by atoms with Gasteiger partial charge in [-0.25, -0.2) is 4.79 Å². The number of aliphatic hydroxyl groups is 6. The van der Waals surface area contributed by atoms with Crippen LogP contribution in [0.25, 0.3) is 22.3 Å². The van der Waals surface area contributed by atoms with E-state index in [0.29, 0.717) is 47.7 Å². The molecular weight excluding hydrogens is 1220 g/mol. The first-order chi connectivity index (χ1) is 43.5. The first kappa shape index (κ1) is 73.2. The zero-order valence-corrected chi connectivity index (χ0v) is 52.2. The highest BCUT2D eigenvalue weighted by molar-refractivity contribution is 7.99. The van der Waals surface area contributed by atoms with Crippen molar-refractivity contribution in [2.45, 2.75) is 131 Å². The maximum atomic E-state index is 13.0. The van der Waals surface area contributed by atoms with E-state index in [1.165, 1.54) is 30.4 Å². The number of aliphatic hydroxyl groups excluding tert-OH is 6. The van der Waals surface area contributed by atoms with Gasteiger partial charge in [0.05, 0.1) is 55.8 Å². The summed E-state index contributed by atoms with van der Waals surface area (Å²) in [5.41, 5.74) is 10.3. The number of nitrogens with one attached hydrogen (secondary N) is 6. The summed E-state index contributed by atoms with van der Waals surface area (Å²) in [4.78, 5) is 101. The molecule has 15 N–H and O–H groups in total. The molecule has 0 bridgehead atoms. The molecule has 2 aliphatic heterocycles. The lowest BCUT2D eigenvalue weighted by Gasteiger charge is -2.46. The van der Waals surface area contributed by atoms with Crippen LogP contribution in [-0.2, 0) is 47.7 Å². The summed E-state index contributed by atoms with van der Waals surface area (Å²) in [6.45, 7) is 1.68. The van der Waals surface area contributed by atoms with Gasteiger partial charge >= 0.3 is 5.97 Å². The van der Waals surface area contributed by atoms with Crippen LogP contribution in [-0.4, -0.2) is 224 Å². The standard InChI is InChI=1S/C63H83N7O19S2/c1-38(72)69-52-47(74)33-62(37-71,88-56(52)54(79)49(76)35-67-58(81)44-19-15-42(16-20-44)40-11-5-3-6-12-40)86-27-9-29-91-32-26-66-60(83)46(64)23-24-51(78)65-25-31-90-30-10-28-87-63(61(84)85)34-48(75)53(70-39(2)73)57(89-63)55(80)50(77)36-68-59(82)45-21-17-43(18-22-45)41-13-7-4-8-14-41/h3-8,11-22,37,46-50,52-57,74-77,79-80H,9-10,23-36,64H2,1-2H3,(H,65,78)(H,66,83)(H,67,81)(H,68,82)(H,69,72)(H,70,73)(H,84,85)/t46?,47-,48-,49+,50+,52+,53+,54+,55+,56+,57+,62+,63+/m0/s1. The van der Waals surface area contributed by atoms with Crippen LogP contribution in [0.4, 0.5) is 0 Å². The van der Waals surface area contributed by atoms with Gasteiger partial charge in [0.15, 0.2) is 6.29 Å². The number of carbonyl (C=O) groups excluding carboxylic acids is 7. The number of aliphatic carboxylic acids is 1. The summed E-state index contributed by atoms with van der Waals surface area (Å²) in [6.07, 6.45) is -13.5. The Labute approximate surface area is 535 Å². The summed E-state index contributed by atoms with van der Waals surface area (Å²) < 4.78 is 23.3. The second-order valence-electron chi connectivity index (χ2n) is 22.0. The average Bonchev–Trinajstić information content (AvgIpc) is 1.29. The minimum atomic E-state index is -2.49. The lowest BCUT2D eigenvalue weighted by Crippen LogP contribution is -2.68. The number of rotatable bonds is 36. The van der Waals surface area contributed by atoms with Crippen LogP contribution < -0.4 is 37.6 Å². The third-order valence-electron chi connectivity index (χ3n) is 15.0. The van der Waals surface area contributed by atoms with E-state index in [-0.39, 0.29) is 50.6 Å². The molecule has 2 heterocycles. The molecule has 6 amide bonds. The van der Waals surface area contributed by atoms with Gasteiger partial charge in [0.1, 0.15) is 24.4 Å². The zero-order valence-electron chi connectivity index (χ0n) is 50.6. The molecule has 2 aliphatic rings. The van der Waals surface area contributed by atoms with Gasteiger partial charge in [0, 0.05) is 81.9 Å². The number of aldehydes is 1. The van der Waals surface area contributed by atoms with Crippen molar-refractivity contribution < 1.29 is 93.0 Å². The highest BCUT2D eigenvalue weighted by Crippen LogP contribution is 2.35. The van der Waals surface area contributed by atoms with E-state index in [4.69, 9.17) is 24.7 Å². The number of ether oxygens (including phenoxy) is 4. The van der Waals surface area contributed by atoms with Crippen LogP contribution in [0.1, 0.15) is 73.1 Å². The number of nitrogens with two attached hydrogens (primary N) is 1. The number of carboxylic acid groups (broad SMARTS) is 1. The molecule has 6 rings (SSSR count). The van der Waals surface area contributed by atoms with Crippen molar-refractivity contribution in [1.82, 2.24) is 31.9 Å². The van der Waals surface area contributed by atoms with Gasteiger partial charge in [-0.2, -0.15) is 23.5 Å². The topological polar surface area (TPSA) is 413 Å². The van der Waals surface area contributed by atoms with Crippen LogP contribution in [0, 0.1) is 0 Å². The van der Waals surface area contributed by atoms with Gasteiger partial charge in [-0.3, -0.25) is 33.6 Å². The first-order valence-corrected chi connectivity index (χ1v) is 32.2. The SMILES string of the molecule is CC(=O)N[C@H]1[C@H]([C@H](O)[C@H](O)CNC(=O)c2ccc(-c3ccccc3)cc2)O[C@](C=O)(OCCCSCCNC(=O)C(N)CCC(=O)NCCSCCCO[C@]2(C(=O)O)C[C@H](O)[C@@H](NC(C)=O)[C@H]([C@H](O)[C@H](O)CNC(=O)c3ccc(-c4ccccc4)cc3)O2)C[C@@H]1O. The minimum absolute atomic E-state index is 0.0277. The molecule has 2 saturated heterocycles. The minimum Gasteiger partial charge on any atom is -0.477 e. The Hall–Kier alpha value is -6.90. The van der Waals surface area contributed by atoms with Crippen LogP contribution in [0.3, 0.4) is 0 Å². The smallest absolute Gasteiger partial charge is 0.364 e. The number of benzene rings is 4. The van der Waals surface area contributed by atoms with Crippen molar-refractivity contribution in [1.29, 1.82) is 0 Å². The zero-order chi connectivity index (χ0) is 66.1. The highest BCUT2D eigenvalue weighted by Gasteiger charge is 2.56. The Morgan fingerprint density at radius 1 is 0.604 bits per heavy atom. The van der Waals surface area contributed by atoms with Crippen molar-refractivity contribution >= 4 is 71.2 Å². The summed E-state index contributed by atoms with van der Waals surface area (Å²) in [5, 5.41) is 92.6. The average molecular weight is 1310 g/mol. The predicted molar refractivity (Wildman–Crippen MR) is 337 cm³/mol. The molecule has 2 fully saturated rings. The molecule has 0 spiro atoms. The van der Waals surface area contributed by atoms with Gasteiger partial charge in [-0.1, -0.05) is 84.9 Å². The fourth-order valence-electron chi connectivity index (χ4n) is 10.2. The third kappa shape index (κ3) is 22.1. The fourth-order valence-corrected chi connectivity index (χ4v) is 11.7. The van der Waals surface area contributed by atoms with Crippen molar-refractivity contribution in [3.05, 3.63) is 120 Å². The molecule has 28 heteroatoms. The van der Waals surface area contributed by atoms with Crippen molar-refractivity contribution in [2.24, 2.45) is 5.73 Å². The van der Waals surface area contributed by atoms with E-state index >= 15 is 0 Å². The largest absolute Gasteiger partial charge is 0.477 e. The van der Waals surface area contributed by atoms with Crippen LogP contribution >= 0.6 is 23.5 Å². The lowest BCUT2D eigenvalue weighted by atomic mass is 9.88. The van der Waals surface area contributed by atoms with E-state index in [0.717, 1.165) is 29.2 Å². The Kier molecular flexibility index (Phi) is 29.2. The summed E-state index contributed by atoms with van der Waals surface area (Å²) >= 11 is 2.87. The Bertz CT molecular complexity index is 3000. The van der Waals surface area contributed by atoms with Crippen LogP contribution in [0.5, 0.6) is 0 Å². The first-order valence-electron chi connectivity index (χ1n) is 29.8. The second kappa shape index (κ2) is 36.4. The monoisotopic (exact) mass is 1310 g/mol. The number of amides is 6. The van der Waals surface area contributed by atoms with Gasteiger partial charge in [-0.05, 0) is 77.3 Å². The van der Waals surface area contributed by atoms with Crippen molar-refractivity contribution in [3.8, 4) is 22.3 Å². The number of hydrogen-bond donors (Lipinski definition) is 14. The second-order valence-corrected chi connectivity index (χ2v) is 24.4. The van der Waals surface area contributed by atoms with Gasteiger partial charge < -0.3 is 92.3 Å². The number of carbonyl (C=O) groups is 8. The molecular formula is C63H83N7O19S2. The third-order valence-corrected chi connectivity index (χ3v) is 17.2. The number of hydrogen-bond acceptors (Lipinski definition) is 21.